The van der Waals surface area contributed by atoms with Crippen LogP contribution < -0.4 is 4.74 Å². The van der Waals surface area contributed by atoms with E-state index in [1.165, 1.54) is 11.1 Å². The lowest BCUT2D eigenvalue weighted by Gasteiger charge is -2.16. The summed E-state index contributed by atoms with van der Waals surface area (Å²) in [5.41, 5.74) is 4.38. The van der Waals surface area contributed by atoms with Crippen molar-refractivity contribution < 1.29 is 9.53 Å². The Morgan fingerprint density at radius 2 is 1.85 bits per heavy atom. The molecule has 0 saturated carbocycles. The molecule has 2 aromatic carbocycles. The summed E-state index contributed by atoms with van der Waals surface area (Å²) in [7, 11) is 1.79. The molecule has 5 heteroatoms. The molecule has 0 unspecified atom stereocenters. The van der Waals surface area contributed by atoms with Crippen molar-refractivity contribution in [1.82, 2.24) is 14.5 Å². The van der Waals surface area contributed by atoms with Crippen molar-refractivity contribution in [1.29, 1.82) is 0 Å². The maximum absolute atomic E-state index is 11.6. The monoisotopic (exact) mass is 351 g/mol. The number of para-hydroxylation sites is 2. The summed E-state index contributed by atoms with van der Waals surface area (Å²) in [5, 5.41) is 0. The minimum atomic E-state index is 0.0232. The van der Waals surface area contributed by atoms with Gasteiger partial charge in [-0.25, -0.2) is 4.98 Å². The van der Waals surface area contributed by atoms with Crippen LogP contribution in [0.2, 0.25) is 0 Å². The maximum atomic E-state index is 11.6. The SMILES string of the molecule is CC(=O)N(C)Cc1nc2ccccc2n1CCOc1cc(C)cc(C)c1. The van der Waals surface area contributed by atoms with Crippen LogP contribution in [0.5, 0.6) is 5.75 Å². The van der Waals surface area contributed by atoms with Crippen LogP contribution in [0.1, 0.15) is 23.9 Å². The van der Waals surface area contributed by atoms with Gasteiger partial charge in [0.25, 0.3) is 0 Å². The van der Waals surface area contributed by atoms with E-state index in [1.54, 1.807) is 18.9 Å². The fourth-order valence-corrected chi connectivity index (χ4v) is 3.09. The molecule has 1 aromatic heterocycles. The summed E-state index contributed by atoms with van der Waals surface area (Å²) in [4.78, 5) is 18.0. The molecule has 0 spiro atoms. The molecule has 26 heavy (non-hydrogen) atoms. The first-order valence-corrected chi connectivity index (χ1v) is 8.81. The Kier molecular flexibility index (Phi) is 5.26. The number of imidazole rings is 1. The highest BCUT2D eigenvalue weighted by atomic mass is 16.5. The van der Waals surface area contributed by atoms with Crippen molar-refractivity contribution in [2.75, 3.05) is 13.7 Å². The van der Waals surface area contributed by atoms with Crippen molar-refractivity contribution >= 4 is 16.9 Å². The van der Waals surface area contributed by atoms with Crippen LogP contribution in [0.15, 0.2) is 42.5 Å². The molecule has 0 aliphatic carbocycles. The van der Waals surface area contributed by atoms with Gasteiger partial charge in [0, 0.05) is 14.0 Å². The van der Waals surface area contributed by atoms with Gasteiger partial charge in [0.05, 0.1) is 24.1 Å². The predicted octanol–water partition coefficient (Wildman–Crippen LogP) is 3.71. The molecule has 0 N–H and O–H groups in total. The van der Waals surface area contributed by atoms with Gasteiger partial charge in [-0.15, -0.1) is 0 Å². The molecule has 0 fully saturated rings. The van der Waals surface area contributed by atoms with Crippen molar-refractivity contribution in [3.63, 3.8) is 0 Å². The lowest BCUT2D eigenvalue weighted by Crippen LogP contribution is -2.25. The van der Waals surface area contributed by atoms with Gasteiger partial charge in [0.1, 0.15) is 18.2 Å². The summed E-state index contributed by atoms with van der Waals surface area (Å²) >= 11 is 0. The van der Waals surface area contributed by atoms with Crippen LogP contribution in [-0.2, 0) is 17.9 Å². The van der Waals surface area contributed by atoms with Crippen LogP contribution >= 0.6 is 0 Å². The first-order valence-electron chi connectivity index (χ1n) is 8.81. The Balaban J connectivity index is 1.80. The van der Waals surface area contributed by atoms with Crippen molar-refractivity contribution in [3.05, 3.63) is 59.4 Å². The van der Waals surface area contributed by atoms with E-state index < -0.39 is 0 Å². The van der Waals surface area contributed by atoms with Gasteiger partial charge in [0.2, 0.25) is 5.91 Å². The van der Waals surface area contributed by atoms with E-state index in [2.05, 4.69) is 30.5 Å². The van der Waals surface area contributed by atoms with E-state index in [0.29, 0.717) is 19.7 Å². The minimum absolute atomic E-state index is 0.0232. The number of hydrogen-bond donors (Lipinski definition) is 0. The highest BCUT2D eigenvalue weighted by Gasteiger charge is 2.13. The smallest absolute Gasteiger partial charge is 0.219 e. The molecule has 3 aromatic rings. The number of nitrogens with zero attached hydrogens (tertiary/aromatic N) is 3. The molecule has 5 nitrogen and oxygen atoms in total. The molecule has 136 valence electrons. The third-order valence-corrected chi connectivity index (χ3v) is 4.43. The lowest BCUT2D eigenvalue weighted by atomic mass is 10.1. The van der Waals surface area contributed by atoms with Crippen molar-refractivity contribution in [2.45, 2.75) is 33.9 Å². The van der Waals surface area contributed by atoms with Crippen molar-refractivity contribution in [2.24, 2.45) is 0 Å². The Morgan fingerprint density at radius 1 is 1.15 bits per heavy atom. The number of carbonyl (C=O) groups excluding carboxylic acids is 1. The molecule has 0 bridgehead atoms. The Labute approximate surface area is 154 Å². The molecule has 0 saturated heterocycles. The number of rotatable bonds is 6. The average Bonchev–Trinajstić information content (AvgIpc) is 2.91. The molecule has 1 amide bonds. The zero-order valence-corrected chi connectivity index (χ0v) is 15.8. The second-order valence-corrected chi connectivity index (χ2v) is 6.72. The van der Waals surface area contributed by atoms with E-state index >= 15 is 0 Å². The minimum Gasteiger partial charge on any atom is -0.492 e. The number of hydrogen-bond acceptors (Lipinski definition) is 3. The number of ether oxygens (including phenoxy) is 1. The number of amides is 1. The van der Waals surface area contributed by atoms with Gasteiger partial charge in [-0.2, -0.15) is 0 Å². The topological polar surface area (TPSA) is 47.4 Å². The summed E-state index contributed by atoms with van der Waals surface area (Å²) < 4.78 is 8.10. The largest absolute Gasteiger partial charge is 0.492 e. The Hall–Kier alpha value is -2.82. The summed E-state index contributed by atoms with van der Waals surface area (Å²) in [6, 6.07) is 14.2. The average molecular weight is 351 g/mol. The highest BCUT2D eigenvalue weighted by Crippen LogP contribution is 2.19. The zero-order chi connectivity index (χ0) is 18.7. The van der Waals surface area contributed by atoms with E-state index in [4.69, 9.17) is 9.72 Å². The Morgan fingerprint density at radius 3 is 2.54 bits per heavy atom. The molecular formula is C21H25N3O2. The second-order valence-electron chi connectivity index (χ2n) is 6.72. The number of carbonyl (C=O) groups is 1. The normalized spacial score (nSPS) is 10.9. The zero-order valence-electron chi connectivity index (χ0n) is 15.8. The first kappa shape index (κ1) is 18.0. The number of aromatic nitrogens is 2. The molecule has 3 rings (SSSR count). The molecule has 1 heterocycles. The third kappa shape index (κ3) is 4.04. The molecule has 0 atom stereocenters. The fourth-order valence-electron chi connectivity index (χ4n) is 3.09. The first-order chi connectivity index (χ1) is 12.4. The van der Waals surface area contributed by atoms with Crippen LogP contribution in [-0.4, -0.2) is 34.0 Å². The van der Waals surface area contributed by atoms with Crippen molar-refractivity contribution in [3.8, 4) is 5.75 Å². The standard InChI is InChI=1S/C21H25N3O2/c1-15-11-16(2)13-18(12-15)26-10-9-24-20-8-6-5-7-19(20)22-21(24)14-23(4)17(3)25/h5-8,11-13H,9-10,14H2,1-4H3. The van der Waals surface area contributed by atoms with Gasteiger partial charge in [-0.3, -0.25) is 4.79 Å². The third-order valence-electron chi connectivity index (χ3n) is 4.43. The van der Waals surface area contributed by atoms with Crippen LogP contribution in [0.4, 0.5) is 0 Å². The molecule has 0 aliphatic heterocycles. The summed E-state index contributed by atoms with van der Waals surface area (Å²) in [6.45, 7) is 7.40. The fraction of sp³-hybridized carbons (Fsp3) is 0.333. The van der Waals surface area contributed by atoms with Gasteiger partial charge in [0.15, 0.2) is 0 Å². The van der Waals surface area contributed by atoms with Crippen LogP contribution in [0.3, 0.4) is 0 Å². The van der Waals surface area contributed by atoms with Crippen LogP contribution in [0.25, 0.3) is 11.0 Å². The highest BCUT2D eigenvalue weighted by molar-refractivity contribution is 5.76. The van der Waals surface area contributed by atoms with E-state index in [-0.39, 0.29) is 5.91 Å². The maximum Gasteiger partial charge on any atom is 0.219 e. The molecule has 0 radical (unpaired) electrons. The van der Waals surface area contributed by atoms with Gasteiger partial charge >= 0.3 is 0 Å². The van der Waals surface area contributed by atoms with Gasteiger partial charge in [-0.05, 0) is 49.2 Å². The van der Waals surface area contributed by atoms with Gasteiger partial charge in [-0.1, -0.05) is 18.2 Å². The second kappa shape index (κ2) is 7.60. The van der Waals surface area contributed by atoms with E-state index in [9.17, 15) is 4.79 Å². The summed E-state index contributed by atoms with van der Waals surface area (Å²) in [6.07, 6.45) is 0. The quantitative estimate of drug-likeness (QED) is 0.680. The number of aryl methyl sites for hydroxylation is 2. The molecule has 0 aliphatic rings. The summed E-state index contributed by atoms with van der Waals surface area (Å²) in [5.74, 6) is 1.78. The molecular weight excluding hydrogens is 326 g/mol. The number of fused-ring (bicyclic) bond motifs is 1. The predicted molar refractivity (Wildman–Crippen MR) is 103 cm³/mol. The van der Waals surface area contributed by atoms with Gasteiger partial charge < -0.3 is 14.2 Å². The lowest BCUT2D eigenvalue weighted by molar-refractivity contribution is -0.128. The van der Waals surface area contributed by atoms with E-state index in [0.717, 1.165) is 22.6 Å². The Bertz CT molecular complexity index is 910. The van der Waals surface area contributed by atoms with E-state index in [1.807, 2.05) is 30.3 Å². The number of benzene rings is 2. The van der Waals surface area contributed by atoms with Crippen LogP contribution in [0, 0.1) is 13.8 Å².